The van der Waals surface area contributed by atoms with Crippen molar-refractivity contribution in [1.82, 2.24) is 9.80 Å². The van der Waals surface area contributed by atoms with E-state index in [9.17, 15) is 4.79 Å². The number of fused-ring (bicyclic) bond motifs is 1. The molecule has 0 bridgehead atoms. The highest BCUT2D eigenvalue weighted by molar-refractivity contribution is 7.20. The SMILES string of the molecule is CN(C(=O)c1cc2ccccc2s1)[C@@H]1CCCN(CCc2ccccc2)C1. The predicted octanol–water partition coefficient (Wildman–Crippen LogP) is 4.68. The van der Waals surface area contributed by atoms with Crippen molar-refractivity contribution in [1.29, 1.82) is 0 Å². The van der Waals surface area contributed by atoms with Crippen molar-refractivity contribution in [3.8, 4) is 0 Å². The van der Waals surface area contributed by atoms with Crippen molar-refractivity contribution >= 4 is 27.3 Å². The number of piperidine rings is 1. The third-order valence-electron chi connectivity index (χ3n) is 5.54. The van der Waals surface area contributed by atoms with Gasteiger partial charge in [-0.15, -0.1) is 11.3 Å². The van der Waals surface area contributed by atoms with Gasteiger partial charge in [0.1, 0.15) is 0 Å². The Hall–Kier alpha value is -2.17. The third kappa shape index (κ3) is 4.23. The van der Waals surface area contributed by atoms with Gasteiger partial charge in [0.25, 0.3) is 5.91 Å². The molecule has 140 valence electrons. The van der Waals surface area contributed by atoms with Gasteiger partial charge in [0.2, 0.25) is 0 Å². The quantitative estimate of drug-likeness (QED) is 0.643. The third-order valence-corrected chi connectivity index (χ3v) is 6.65. The number of hydrogen-bond donors (Lipinski definition) is 0. The molecule has 2 aromatic carbocycles. The first-order valence-electron chi connectivity index (χ1n) is 9.73. The van der Waals surface area contributed by atoms with Gasteiger partial charge in [-0.25, -0.2) is 0 Å². The number of carbonyl (C=O) groups is 1. The Kier molecular flexibility index (Phi) is 5.55. The van der Waals surface area contributed by atoms with Crippen LogP contribution in [0.4, 0.5) is 0 Å². The zero-order valence-corrected chi connectivity index (χ0v) is 16.6. The number of likely N-dealkylation sites (tertiary alicyclic amines) is 1. The van der Waals surface area contributed by atoms with Crippen LogP contribution in [-0.2, 0) is 6.42 Å². The minimum Gasteiger partial charge on any atom is -0.337 e. The van der Waals surface area contributed by atoms with Gasteiger partial charge in [-0.2, -0.15) is 0 Å². The fourth-order valence-electron chi connectivity index (χ4n) is 3.91. The van der Waals surface area contributed by atoms with E-state index in [0.717, 1.165) is 49.2 Å². The maximum absolute atomic E-state index is 13.0. The van der Waals surface area contributed by atoms with Crippen LogP contribution >= 0.6 is 11.3 Å². The molecule has 0 N–H and O–H groups in total. The number of carbonyl (C=O) groups excluding carboxylic acids is 1. The van der Waals surface area contributed by atoms with Crippen molar-refractivity contribution in [2.45, 2.75) is 25.3 Å². The summed E-state index contributed by atoms with van der Waals surface area (Å²) >= 11 is 1.60. The van der Waals surface area contributed by atoms with Gasteiger partial charge < -0.3 is 9.80 Å². The summed E-state index contributed by atoms with van der Waals surface area (Å²) in [6.07, 6.45) is 3.32. The molecule has 3 aromatic rings. The molecule has 0 aliphatic carbocycles. The molecule has 1 aromatic heterocycles. The molecule has 0 saturated carbocycles. The molecular weight excluding hydrogens is 352 g/mol. The first-order valence-corrected chi connectivity index (χ1v) is 10.5. The van der Waals surface area contributed by atoms with E-state index in [1.807, 2.05) is 30.1 Å². The molecule has 2 heterocycles. The second kappa shape index (κ2) is 8.24. The first-order chi connectivity index (χ1) is 13.2. The highest BCUT2D eigenvalue weighted by atomic mass is 32.1. The Morgan fingerprint density at radius 3 is 2.74 bits per heavy atom. The smallest absolute Gasteiger partial charge is 0.263 e. The summed E-state index contributed by atoms with van der Waals surface area (Å²) in [6, 6.07) is 21.2. The normalized spacial score (nSPS) is 17.9. The first kappa shape index (κ1) is 18.2. The van der Waals surface area contributed by atoms with Gasteiger partial charge in [0.05, 0.1) is 4.88 Å². The summed E-state index contributed by atoms with van der Waals surface area (Å²) in [6.45, 7) is 3.17. The van der Waals surface area contributed by atoms with E-state index in [0.29, 0.717) is 6.04 Å². The Morgan fingerprint density at radius 1 is 1.15 bits per heavy atom. The van der Waals surface area contributed by atoms with E-state index >= 15 is 0 Å². The summed E-state index contributed by atoms with van der Waals surface area (Å²) in [7, 11) is 1.97. The van der Waals surface area contributed by atoms with E-state index in [-0.39, 0.29) is 5.91 Å². The van der Waals surface area contributed by atoms with Gasteiger partial charge in [-0.3, -0.25) is 4.79 Å². The van der Waals surface area contributed by atoms with E-state index in [1.165, 1.54) is 10.3 Å². The molecule has 1 saturated heterocycles. The minimum atomic E-state index is 0.158. The summed E-state index contributed by atoms with van der Waals surface area (Å²) in [5, 5.41) is 1.16. The number of rotatable bonds is 5. The van der Waals surface area contributed by atoms with Crippen molar-refractivity contribution in [2.75, 3.05) is 26.7 Å². The number of nitrogens with zero attached hydrogens (tertiary/aromatic N) is 2. The molecule has 0 spiro atoms. The average Bonchev–Trinajstić information content (AvgIpc) is 3.16. The monoisotopic (exact) mass is 378 g/mol. The lowest BCUT2D eigenvalue weighted by molar-refractivity contribution is 0.0624. The Balaban J connectivity index is 1.38. The minimum absolute atomic E-state index is 0.158. The number of likely N-dealkylation sites (N-methyl/N-ethyl adjacent to an activating group) is 1. The summed E-state index contributed by atoms with van der Waals surface area (Å²) < 4.78 is 1.18. The van der Waals surface area contributed by atoms with Gasteiger partial charge in [0.15, 0.2) is 0 Å². The molecular formula is C23H26N2OS. The average molecular weight is 379 g/mol. The van der Waals surface area contributed by atoms with Crippen LogP contribution in [0.15, 0.2) is 60.7 Å². The van der Waals surface area contributed by atoms with E-state index in [1.54, 1.807) is 11.3 Å². The van der Waals surface area contributed by atoms with Crippen LogP contribution < -0.4 is 0 Å². The molecule has 1 aliphatic rings. The largest absolute Gasteiger partial charge is 0.337 e. The maximum atomic E-state index is 13.0. The highest BCUT2D eigenvalue weighted by Crippen LogP contribution is 2.27. The zero-order chi connectivity index (χ0) is 18.6. The van der Waals surface area contributed by atoms with Crippen LogP contribution in [0.2, 0.25) is 0 Å². The van der Waals surface area contributed by atoms with Crippen molar-refractivity contribution < 1.29 is 4.79 Å². The van der Waals surface area contributed by atoms with Crippen LogP contribution in [-0.4, -0.2) is 48.4 Å². The molecule has 1 atom stereocenters. The second-order valence-corrected chi connectivity index (χ2v) is 8.48. The molecule has 27 heavy (non-hydrogen) atoms. The number of hydrogen-bond acceptors (Lipinski definition) is 3. The Morgan fingerprint density at radius 2 is 1.93 bits per heavy atom. The molecule has 4 heteroatoms. The lowest BCUT2D eigenvalue weighted by Crippen LogP contribution is -2.48. The lowest BCUT2D eigenvalue weighted by atomic mass is 10.0. The number of thiophene rings is 1. The van der Waals surface area contributed by atoms with Crippen LogP contribution in [0.1, 0.15) is 28.1 Å². The summed E-state index contributed by atoms with van der Waals surface area (Å²) in [4.78, 5) is 18.3. The Labute approximate surface area is 165 Å². The van der Waals surface area contributed by atoms with Crippen LogP contribution in [0, 0.1) is 0 Å². The predicted molar refractivity (Wildman–Crippen MR) is 114 cm³/mol. The maximum Gasteiger partial charge on any atom is 0.263 e. The highest BCUT2D eigenvalue weighted by Gasteiger charge is 2.27. The molecule has 0 unspecified atom stereocenters. The lowest BCUT2D eigenvalue weighted by Gasteiger charge is -2.37. The fourth-order valence-corrected chi connectivity index (χ4v) is 4.95. The summed E-state index contributed by atoms with van der Waals surface area (Å²) in [5.41, 5.74) is 1.38. The van der Waals surface area contributed by atoms with Crippen LogP contribution in [0.3, 0.4) is 0 Å². The molecule has 1 fully saturated rings. The van der Waals surface area contributed by atoms with Crippen molar-refractivity contribution in [3.63, 3.8) is 0 Å². The van der Waals surface area contributed by atoms with Crippen LogP contribution in [0.5, 0.6) is 0 Å². The van der Waals surface area contributed by atoms with Crippen molar-refractivity contribution in [2.24, 2.45) is 0 Å². The van der Waals surface area contributed by atoms with Crippen molar-refractivity contribution in [3.05, 3.63) is 71.1 Å². The molecule has 1 aliphatic heterocycles. The zero-order valence-electron chi connectivity index (χ0n) is 15.8. The van der Waals surface area contributed by atoms with Gasteiger partial charge in [-0.1, -0.05) is 48.5 Å². The number of amides is 1. The molecule has 1 amide bonds. The van der Waals surface area contributed by atoms with E-state index < -0.39 is 0 Å². The molecule has 3 nitrogen and oxygen atoms in total. The van der Waals surface area contributed by atoms with E-state index in [4.69, 9.17) is 0 Å². The summed E-state index contributed by atoms with van der Waals surface area (Å²) in [5.74, 6) is 0.158. The van der Waals surface area contributed by atoms with Crippen LogP contribution in [0.25, 0.3) is 10.1 Å². The number of benzene rings is 2. The van der Waals surface area contributed by atoms with Gasteiger partial charge in [-0.05, 0) is 48.9 Å². The molecule has 0 radical (unpaired) electrons. The second-order valence-electron chi connectivity index (χ2n) is 7.40. The van der Waals surface area contributed by atoms with E-state index in [2.05, 4.69) is 47.4 Å². The van der Waals surface area contributed by atoms with Gasteiger partial charge >= 0.3 is 0 Å². The topological polar surface area (TPSA) is 23.6 Å². The fraction of sp³-hybridized carbons (Fsp3) is 0.348. The van der Waals surface area contributed by atoms with Gasteiger partial charge in [0, 0.05) is 30.9 Å². The molecule has 4 rings (SSSR count). The Bertz CT molecular complexity index is 872. The standard InChI is InChI=1S/C23H26N2OS/c1-24(23(26)22-16-19-10-5-6-12-21(19)27-22)20-11-7-14-25(17-20)15-13-18-8-3-2-4-9-18/h2-6,8-10,12,16,20H,7,11,13-15,17H2,1H3/t20-/m1/s1.